The highest BCUT2D eigenvalue weighted by Crippen LogP contribution is 2.23. The smallest absolute Gasteiger partial charge is 0.227 e. The maximum atomic E-state index is 12.1. The van der Waals surface area contributed by atoms with E-state index in [2.05, 4.69) is 20.4 Å². The molecule has 0 atom stereocenters. The number of aromatic nitrogens is 3. The molecule has 2 heterocycles. The summed E-state index contributed by atoms with van der Waals surface area (Å²) in [5.41, 5.74) is 1.85. The summed E-state index contributed by atoms with van der Waals surface area (Å²) in [5, 5.41) is 7.42. The second-order valence-electron chi connectivity index (χ2n) is 5.66. The molecule has 1 amide bonds. The number of amides is 1. The largest absolute Gasteiger partial charge is 0.497 e. The molecule has 0 saturated heterocycles. The van der Waals surface area contributed by atoms with E-state index >= 15 is 0 Å². The first-order valence-corrected chi connectivity index (χ1v) is 9.14. The van der Waals surface area contributed by atoms with Gasteiger partial charge in [-0.1, -0.05) is 12.1 Å². The van der Waals surface area contributed by atoms with Gasteiger partial charge in [-0.05, 0) is 37.6 Å². The van der Waals surface area contributed by atoms with Crippen LogP contribution in [0.3, 0.4) is 0 Å². The molecule has 8 heteroatoms. The van der Waals surface area contributed by atoms with Gasteiger partial charge in [-0.15, -0.1) is 11.3 Å². The molecule has 0 saturated carbocycles. The average molecular weight is 372 g/mol. The van der Waals surface area contributed by atoms with Crippen LogP contribution in [0.25, 0.3) is 11.4 Å². The van der Waals surface area contributed by atoms with Gasteiger partial charge in [0, 0.05) is 23.3 Å². The Bertz CT molecular complexity index is 886. The molecule has 0 bridgehead atoms. The second-order valence-corrected chi connectivity index (χ2v) is 6.87. The second kappa shape index (κ2) is 8.09. The van der Waals surface area contributed by atoms with E-state index in [1.165, 1.54) is 11.3 Å². The van der Waals surface area contributed by atoms with Crippen LogP contribution in [0.5, 0.6) is 5.75 Å². The lowest BCUT2D eigenvalue weighted by Gasteiger charge is -1.99. The number of hydrogen-bond donors (Lipinski definition) is 1. The Labute approximate surface area is 155 Å². The normalized spacial score (nSPS) is 10.7. The minimum Gasteiger partial charge on any atom is -0.497 e. The first-order valence-electron chi connectivity index (χ1n) is 8.32. The fourth-order valence-electron chi connectivity index (χ4n) is 2.43. The van der Waals surface area contributed by atoms with Gasteiger partial charge in [-0.2, -0.15) is 4.98 Å². The van der Waals surface area contributed by atoms with Gasteiger partial charge >= 0.3 is 0 Å². The molecule has 7 nitrogen and oxygen atoms in total. The number of carbonyl (C=O) groups is 1. The van der Waals surface area contributed by atoms with Crippen molar-refractivity contribution in [2.75, 3.05) is 12.4 Å². The van der Waals surface area contributed by atoms with E-state index in [0.29, 0.717) is 23.3 Å². The van der Waals surface area contributed by atoms with E-state index < -0.39 is 0 Å². The van der Waals surface area contributed by atoms with Gasteiger partial charge in [0.1, 0.15) is 5.75 Å². The maximum Gasteiger partial charge on any atom is 0.227 e. The van der Waals surface area contributed by atoms with E-state index in [0.717, 1.165) is 28.3 Å². The van der Waals surface area contributed by atoms with Crippen molar-refractivity contribution >= 4 is 22.4 Å². The monoisotopic (exact) mass is 372 g/mol. The number of nitrogens with zero attached hydrogens (tertiary/aromatic N) is 3. The van der Waals surface area contributed by atoms with E-state index in [1.54, 1.807) is 7.11 Å². The van der Waals surface area contributed by atoms with Crippen LogP contribution in [-0.4, -0.2) is 28.1 Å². The molecular weight excluding hydrogens is 352 g/mol. The molecule has 2 aromatic heterocycles. The van der Waals surface area contributed by atoms with Crippen molar-refractivity contribution in [3.05, 3.63) is 40.7 Å². The van der Waals surface area contributed by atoms with Crippen molar-refractivity contribution in [1.29, 1.82) is 0 Å². The molecule has 0 radical (unpaired) electrons. The van der Waals surface area contributed by atoms with Crippen LogP contribution in [-0.2, 0) is 17.6 Å². The molecule has 3 rings (SSSR count). The summed E-state index contributed by atoms with van der Waals surface area (Å²) in [6.45, 7) is 4.05. The summed E-state index contributed by atoms with van der Waals surface area (Å²) < 4.78 is 10.4. The number of aryl methyl sites for hydroxylation is 3. The van der Waals surface area contributed by atoms with Gasteiger partial charge in [-0.3, -0.25) is 4.79 Å². The van der Waals surface area contributed by atoms with Crippen molar-refractivity contribution < 1.29 is 14.1 Å². The Morgan fingerprint density at radius 3 is 2.69 bits per heavy atom. The summed E-state index contributed by atoms with van der Waals surface area (Å²) in [5.74, 6) is 1.56. The van der Waals surface area contributed by atoms with Gasteiger partial charge in [0.15, 0.2) is 5.13 Å². The van der Waals surface area contributed by atoms with Gasteiger partial charge in [0.05, 0.1) is 12.8 Å². The Morgan fingerprint density at radius 2 is 2.04 bits per heavy atom. The quantitative estimate of drug-likeness (QED) is 0.681. The molecule has 136 valence electrons. The Hall–Kier alpha value is -2.74. The summed E-state index contributed by atoms with van der Waals surface area (Å²) >= 11 is 1.49. The number of methoxy groups -OCH3 is 1. The Kier molecular flexibility index (Phi) is 5.62. The number of rotatable bonds is 7. The Morgan fingerprint density at radius 1 is 1.27 bits per heavy atom. The lowest BCUT2D eigenvalue weighted by atomic mass is 10.2. The first-order chi connectivity index (χ1) is 12.6. The number of hydrogen-bond acceptors (Lipinski definition) is 7. The first kappa shape index (κ1) is 18.1. The van der Waals surface area contributed by atoms with Crippen molar-refractivity contribution in [1.82, 2.24) is 15.1 Å². The van der Waals surface area contributed by atoms with E-state index in [-0.39, 0.29) is 12.3 Å². The molecule has 0 aliphatic carbocycles. The van der Waals surface area contributed by atoms with Gasteiger partial charge in [0.25, 0.3) is 0 Å². The minimum atomic E-state index is -0.120. The van der Waals surface area contributed by atoms with Crippen LogP contribution in [0, 0.1) is 6.92 Å². The van der Waals surface area contributed by atoms with E-state index in [9.17, 15) is 4.79 Å². The van der Waals surface area contributed by atoms with Gasteiger partial charge in [-0.25, -0.2) is 4.98 Å². The zero-order chi connectivity index (χ0) is 18.5. The fraction of sp³-hybridized carbons (Fsp3) is 0.333. The standard InChI is InChI=1S/C18H20N4O3S/c1-4-14-11(2)26-18(19-14)20-15(23)9-10-16-21-17(22-25-16)12-5-7-13(24-3)8-6-12/h5-8H,4,9-10H2,1-3H3,(H,19,20,23). The zero-order valence-corrected chi connectivity index (χ0v) is 15.7. The zero-order valence-electron chi connectivity index (χ0n) is 14.9. The summed E-state index contributed by atoms with van der Waals surface area (Å²) in [7, 11) is 1.61. The number of carbonyl (C=O) groups excluding carboxylic acids is 1. The van der Waals surface area contributed by atoms with Crippen LogP contribution < -0.4 is 10.1 Å². The molecule has 0 spiro atoms. The Balaban J connectivity index is 1.56. The maximum absolute atomic E-state index is 12.1. The molecule has 0 fully saturated rings. The molecule has 1 aromatic carbocycles. The predicted octanol–water partition coefficient (Wildman–Crippen LogP) is 3.64. The van der Waals surface area contributed by atoms with Gasteiger partial charge in [0.2, 0.25) is 17.6 Å². The summed E-state index contributed by atoms with van der Waals surface area (Å²) in [6.07, 6.45) is 1.48. The molecule has 26 heavy (non-hydrogen) atoms. The third kappa shape index (κ3) is 4.26. The highest BCUT2D eigenvalue weighted by molar-refractivity contribution is 7.15. The predicted molar refractivity (Wildman–Crippen MR) is 99.5 cm³/mol. The third-order valence-corrected chi connectivity index (χ3v) is 4.78. The lowest BCUT2D eigenvalue weighted by molar-refractivity contribution is -0.116. The SMILES string of the molecule is CCc1nc(NC(=O)CCc2nc(-c3ccc(OC)cc3)no2)sc1C. The molecule has 0 unspecified atom stereocenters. The minimum absolute atomic E-state index is 0.120. The number of benzene rings is 1. The fourth-order valence-corrected chi connectivity index (χ4v) is 3.34. The number of thiazole rings is 1. The molecule has 0 aliphatic rings. The van der Waals surface area contributed by atoms with Crippen molar-refractivity contribution in [3.63, 3.8) is 0 Å². The highest BCUT2D eigenvalue weighted by atomic mass is 32.1. The van der Waals surface area contributed by atoms with Crippen LogP contribution in [0.4, 0.5) is 5.13 Å². The van der Waals surface area contributed by atoms with E-state index in [4.69, 9.17) is 9.26 Å². The van der Waals surface area contributed by atoms with Crippen LogP contribution in [0.1, 0.15) is 29.8 Å². The van der Waals surface area contributed by atoms with Gasteiger partial charge < -0.3 is 14.6 Å². The topological polar surface area (TPSA) is 90.1 Å². The lowest BCUT2D eigenvalue weighted by Crippen LogP contribution is -2.12. The number of ether oxygens (including phenoxy) is 1. The highest BCUT2D eigenvalue weighted by Gasteiger charge is 2.13. The molecule has 0 aliphatic heterocycles. The summed E-state index contributed by atoms with van der Waals surface area (Å²) in [6, 6.07) is 7.38. The summed E-state index contributed by atoms with van der Waals surface area (Å²) in [4.78, 5) is 22.0. The average Bonchev–Trinajstić information content (AvgIpc) is 3.26. The molecular formula is C18H20N4O3S. The molecule has 1 N–H and O–H groups in total. The number of nitrogens with one attached hydrogen (secondary N) is 1. The molecule has 3 aromatic rings. The van der Waals surface area contributed by atoms with Crippen molar-refractivity contribution in [2.24, 2.45) is 0 Å². The van der Waals surface area contributed by atoms with Crippen LogP contribution in [0.2, 0.25) is 0 Å². The third-order valence-electron chi connectivity index (χ3n) is 3.86. The van der Waals surface area contributed by atoms with E-state index in [1.807, 2.05) is 38.1 Å². The van der Waals surface area contributed by atoms with Crippen LogP contribution in [0.15, 0.2) is 28.8 Å². The van der Waals surface area contributed by atoms with Crippen LogP contribution >= 0.6 is 11.3 Å². The van der Waals surface area contributed by atoms with Crippen molar-refractivity contribution in [2.45, 2.75) is 33.1 Å². The number of anilines is 1. The van der Waals surface area contributed by atoms with Crippen molar-refractivity contribution in [3.8, 4) is 17.1 Å².